The van der Waals surface area contributed by atoms with E-state index in [4.69, 9.17) is 18.9 Å². The van der Waals surface area contributed by atoms with Crippen molar-refractivity contribution in [2.45, 2.75) is 12.8 Å². The van der Waals surface area contributed by atoms with Gasteiger partial charge in [-0.05, 0) is 58.1 Å². The Balaban J connectivity index is 1.84. The van der Waals surface area contributed by atoms with Crippen molar-refractivity contribution < 1.29 is 24.1 Å². The van der Waals surface area contributed by atoms with Gasteiger partial charge in [0.05, 0.1) is 39.0 Å². The Labute approximate surface area is 156 Å². The van der Waals surface area contributed by atoms with Crippen LogP contribution in [0.1, 0.15) is 11.1 Å². The van der Waals surface area contributed by atoms with Crippen LogP contribution in [-0.2, 0) is 17.6 Å². The smallest absolute Gasteiger partial charge is 0.175 e. The minimum Gasteiger partial charge on any atom is -0.504 e. The van der Waals surface area contributed by atoms with Gasteiger partial charge in [0, 0.05) is 0 Å². The molecule has 2 aromatic rings. The second-order valence-electron chi connectivity index (χ2n) is 5.39. The molecule has 0 amide bonds. The van der Waals surface area contributed by atoms with Crippen molar-refractivity contribution in [3.63, 3.8) is 0 Å². The van der Waals surface area contributed by atoms with Gasteiger partial charge in [-0.25, -0.2) is 0 Å². The Bertz CT molecular complexity index is 702. The molecule has 0 aliphatic heterocycles. The highest BCUT2D eigenvalue weighted by atomic mass is 79.9. The first kappa shape index (κ1) is 19.4. The van der Waals surface area contributed by atoms with Crippen LogP contribution in [0.15, 0.2) is 34.8 Å². The van der Waals surface area contributed by atoms with Crippen molar-refractivity contribution in [3.05, 3.63) is 45.9 Å². The molecule has 0 atom stereocenters. The maximum atomic E-state index is 9.60. The Morgan fingerprint density at radius 3 is 2.28 bits per heavy atom. The first-order valence-electron chi connectivity index (χ1n) is 7.93. The zero-order chi connectivity index (χ0) is 18.2. The highest BCUT2D eigenvalue weighted by Gasteiger charge is 2.12. The summed E-state index contributed by atoms with van der Waals surface area (Å²) in [7, 11) is 4.77. The van der Waals surface area contributed by atoms with Gasteiger partial charge in [-0.1, -0.05) is 12.1 Å². The molecular formula is C19H23BrO5. The van der Waals surface area contributed by atoms with Gasteiger partial charge in [-0.2, -0.15) is 0 Å². The molecule has 6 heteroatoms. The standard InChI is InChI=1S/C19H23BrO5/c1-22-16-7-5-14(18(20)19(16)24-3)9-11-25-10-8-13-4-6-15(21)17(12-13)23-2/h4-7,12,21H,8-11H2,1-3H3. The largest absolute Gasteiger partial charge is 0.504 e. The van der Waals surface area contributed by atoms with Crippen molar-refractivity contribution in [2.24, 2.45) is 0 Å². The van der Waals surface area contributed by atoms with Crippen molar-refractivity contribution in [2.75, 3.05) is 34.5 Å². The van der Waals surface area contributed by atoms with Gasteiger partial charge in [-0.3, -0.25) is 0 Å². The highest BCUT2D eigenvalue weighted by Crippen LogP contribution is 2.37. The van der Waals surface area contributed by atoms with E-state index in [1.165, 1.54) is 7.11 Å². The molecule has 0 aliphatic rings. The number of ether oxygens (including phenoxy) is 4. The summed E-state index contributed by atoms with van der Waals surface area (Å²) in [6.07, 6.45) is 1.52. The maximum Gasteiger partial charge on any atom is 0.175 e. The number of aromatic hydroxyl groups is 1. The number of halogens is 1. The lowest BCUT2D eigenvalue weighted by atomic mass is 10.1. The van der Waals surface area contributed by atoms with Crippen LogP contribution in [0.2, 0.25) is 0 Å². The van der Waals surface area contributed by atoms with E-state index in [0.29, 0.717) is 30.5 Å². The van der Waals surface area contributed by atoms with Gasteiger partial charge in [0.15, 0.2) is 23.0 Å². The molecule has 1 N–H and O–H groups in total. The van der Waals surface area contributed by atoms with E-state index < -0.39 is 0 Å². The van der Waals surface area contributed by atoms with E-state index in [0.717, 1.165) is 28.4 Å². The predicted molar refractivity (Wildman–Crippen MR) is 100 cm³/mol. The number of methoxy groups -OCH3 is 3. The van der Waals surface area contributed by atoms with E-state index in [1.54, 1.807) is 20.3 Å². The fraction of sp³-hybridized carbons (Fsp3) is 0.368. The zero-order valence-electron chi connectivity index (χ0n) is 14.7. The number of hydrogen-bond acceptors (Lipinski definition) is 5. The normalized spacial score (nSPS) is 10.6. The molecule has 0 spiro atoms. The Morgan fingerprint density at radius 2 is 1.60 bits per heavy atom. The van der Waals surface area contributed by atoms with Gasteiger partial charge in [0.25, 0.3) is 0 Å². The van der Waals surface area contributed by atoms with Crippen molar-refractivity contribution in [3.8, 4) is 23.0 Å². The lowest BCUT2D eigenvalue weighted by Crippen LogP contribution is -2.04. The summed E-state index contributed by atoms with van der Waals surface area (Å²) < 4.78 is 22.4. The van der Waals surface area contributed by atoms with Crippen LogP contribution in [0.4, 0.5) is 0 Å². The molecule has 2 aromatic carbocycles. The lowest BCUT2D eigenvalue weighted by molar-refractivity contribution is 0.140. The van der Waals surface area contributed by atoms with E-state index in [-0.39, 0.29) is 5.75 Å². The molecule has 0 saturated heterocycles. The number of rotatable bonds is 9. The van der Waals surface area contributed by atoms with Crippen LogP contribution in [-0.4, -0.2) is 39.6 Å². The predicted octanol–water partition coefficient (Wildman–Crippen LogP) is 3.98. The monoisotopic (exact) mass is 410 g/mol. The lowest BCUT2D eigenvalue weighted by Gasteiger charge is -2.13. The molecule has 25 heavy (non-hydrogen) atoms. The molecule has 5 nitrogen and oxygen atoms in total. The summed E-state index contributed by atoms with van der Waals surface area (Å²) in [4.78, 5) is 0. The summed E-state index contributed by atoms with van der Waals surface area (Å²) in [5.41, 5.74) is 2.16. The van der Waals surface area contributed by atoms with Crippen LogP contribution >= 0.6 is 15.9 Å². The average molecular weight is 411 g/mol. The quantitative estimate of drug-likeness (QED) is 0.633. The van der Waals surface area contributed by atoms with Gasteiger partial charge in [0.2, 0.25) is 0 Å². The highest BCUT2D eigenvalue weighted by molar-refractivity contribution is 9.10. The van der Waals surface area contributed by atoms with Crippen LogP contribution in [0.3, 0.4) is 0 Å². The number of phenolic OH excluding ortho intramolecular Hbond substituents is 1. The third kappa shape index (κ3) is 5.03. The topological polar surface area (TPSA) is 57.2 Å². The summed E-state index contributed by atoms with van der Waals surface area (Å²) in [6, 6.07) is 9.21. The van der Waals surface area contributed by atoms with Crippen LogP contribution in [0, 0.1) is 0 Å². The number of benzene rings is 2. The van der Waals surface area contributed by atoms with Gasteiger partial charge < -0.3 is 24.1 Å². The molecule has 0 radical (unpaired) electrons. The third-order valence-electron chi connectivity index (χ3n) is 3.86. The minimum atomic E-state index is 0.144. The molecule has 0 fully saturated rings. The second-order valence-corrected chi connectivity index (χ2v) is 6.19. The molecule has 0 bridgehead atoms. The Hall–Kier alpha value is -1.92. The fourth-order valence-corrected chi connectivity index (χ4v) is 3.16. The number of phenols is 1. The van der Waals surface area contributed by atoms with Crippen LogP contribution in [0.5, 0.6) is 23.0 Å². The van der Waals surface area contributed by atoms with Crippen molar-refractivity contribution in [1.29, 1.82) is 0 Å². The van der Waals surface area contributed by atoms with Crippen LogP contribution in [0.25, 0.3) is 0 Å². The average Bonchev–Trinajstić information content (AvgIpc) is 2.63. The van der Waals surface area contributed by atoms with Gasteiger partial charge >= 0.3 is 0 Å². The molecule has 0 aromatic heterocycles. The molecular weight excluding hydrogens is 388 g/mol. The van der Waals surface area contributed by atoms with Gasteiger partial charge in [0.1, 0.15) is 0 Å². The van der Waals surface area contributed by atoms with E-state index >= 15 is 0 Å². The molecule has 0 unspecified atom stereocenters. The molecule has 0 aliphatic carbocycles. The van der Waals surface area contributed by atoms with E-state index in [2.05, 4.69) is 15.9 Å². The maximum absolute atomic E-state index is 9.60. The number of hydrogen-bond donors (Lipinski definition) is 1. The van der Waals surface area contributed by atoms with E-state index in [9.17, 15) is 5.11 Å². The molecule has 0 heterocycles. The van der Waals surface area contributed by atoms with E-state index in [1.807, 2.05) is 24.3 Å². The summed E-state index contributed by atoms with van der Waals surface area (Å²) >= 11 is 3.56. The zero-order valence-corrected chi connectivity index (χ0v) is 16.3. The summed E-state index contributed by atoms with van der Waals surface area (Å²) in [6.45, 7) is 1.20. The van der Waals surface area contributed by atoms with Crippen LogP contribution < -0.4 is 14.2 Å². The van der Waals surface area contributed by atoms with Gasteiger partial charge in [-0.15, -0.1) is 0 Å². The van der Waals surface area contributed by atoms with Crippen molar-refractivity contribution >= 4 is 15.9 Å². The van der Waals surface area contributed by atoms with Crippen molar-refractivity contribution in [1.82, 2.24) is 0 Å². The summed E-state index contributed by atoms with van der Waals surface area (Å²) in [5, 5.41) is 9.60. The fourth-order valence-electron chi connectivity index (χ4n) is 2.47. The second kappa shape index (κ2) is 9.53. The Kier molecular flexibility index (Phi) is 7.40. The minimum absolute atomic E-state index is 0.144. The SMILES string of the molecule is COc1cc(CCOCCc2ccc(OC)c(OC)c2Br)ccc1O. The molecule has 136 valence electrons. The first-order valence-corrected chi connectivity index (χ1v) is 8.73. The third-order valence-corrected chi connectivity index (χ3v) is 4.73. The Morgan fingerprint density at radius 1 is 0.880 bits per heavy atom. The first-order chi connectivity index (χ1) is 12.1. The molecule has 2 rings (SSSR count). The molecule has 0 saturated carbocycles. The summed E-state index contributed by atoms with van der Waals surface area (Å²) in [5.74, 6) is 2.01.